The first kappa shape index (κ1) is 36.6. The van der Waals surface area contributed by atoms with E-state index in [0.717, 1.165) is 48.3 Å². The van der Waals surface area contributed by atoms with Crippen molar-refractivity contribution in [1.82, 2.24) is 20.6 Å². The fraction of sp³-hybridized carbons (Fsp3) is 0.641. The van der Waals surface area contributed by atoms with Crippen molar-refractivity contribution >= 4 is 17.5 Å². The summed E-state index contributed by atoms with van der Waals surface area (Å²) in [5.41, 5.74) is 4.13. The van der Waals surface area contributed by atoms with E-state index in [2.05, 4.69) is 43.4 Å². The number of nitrogens with zero attached hydrogens (tertiary/aromatic N) is 3. The molecule has 2 aromatic carbocycles. The summed E-state index contributed by atoms with van der Waals surface area (Å²) in [4.78, 5) is 38.2. The topological polar surface area (TPSA) is 127 Å². The van der Waals surface area contributed by atoms with Crippen LogP contribution in [0.15, 0.2) is 36.4 Å². The summed E-state index contributed by atoms with van der Waals surface area (Å²) in [5.74, 6) is 1.15. The first-order valence-corrected chi connectivity index (χ1v) is 18.2. The Morgan fingerprint density at radius 2 is 1.92 bits per heavy atom. The van der Waals surface area contributed by atoms with Crippen molar-refractivity contribution in [3.05, 3.63) is 47.5 Å². The minimum absolute atomic E-state index is 0.0479. The molecule has 3 saturated carbocycles. The molecule has 0 spiro atoms. The van der Waals surface area contributed by atoms with Crippen LogP contribution in [0.4, 0.5) is 5.69 Å². The smallest absolute Gasteiger partial charge is 0.251 e. The van der Waals surface area contributed by atoms with Crippen LogP contribution in [0.1, 0.15) is 62.9 Å². The van der Waals surface area contributed by atoms with Gasteiger partial charge < -0.3 is 35.4 Å². The number of ether oxygens (including phenoxy) is 1. The number of para-hydroxylation sites is 1. The number of nitrogens with one attached hydrogen (secondary N) is 2. The maximum Gasteiger partial charge on any atom is 0.251 e. The van der Waals surface area contributed by atoms with Crippen LogP contribution in [0, 0.1) is 29.1 Å². The Morgan fingerprint density at radius 3 is 2.52 bits per heavy atom. The Kier molecular flexibility index (Phi) is 10.5. The molecule has 2 amide bonds. The fourth-order valence-corrected chi connectivity index (χ4v) is 9.31. The molecule has 2 aromatic rings. The maximum absolute atomic E-state index is 14.2. The van der Waals surface area contributed by atoms with Gasteiger partial charge in [0.1, 0.15) is 17.9 Å². The zero-order valence-electron chi connectivity index (χ0n) is 31.0. The lowest BCUT2D eigenvalue weighted by Crippen LogP contribution is -2.62. The highest BCUT2D eigenvalue weighted by molar-refractivity contribution is 5.97. The third kappa shape index (κ3) is 6.87. The number of carbonyl (C=O) groups excluding carboxylic acids is 2. The molecule has 4 N–H and O–H groups in total. The predicted molar refractivity (Wildman–Crippen MR) is 194 cm³/mol. The lowest BCUT2D eigenvalue weighted by atomic mass is 9.45. The minimum atomic E-state index is -0.889. The Bertz CT molecular complexity index is 1560. The van der Waals surface area contributed by atoms with Crippen molar-refractivity contribution in [2.24, 2.45) is 29.1 Å². The third-order valence-electron chi connectivity index (χ3n) is 12.4. The van der Waals surface area contributed by atoms with Crippen molar-refractivity contribution in [1.29, 1.82) is 0 Å². The first-order chi connectivity index (χ1) is 23.7. The predicted octanol–water partition coefficient (Wildman–Crippen LogP) is 3.52. The lowest BCUT2D eigenvalue weighted by Gasteiger charge is -2.62. The second-order valence-corrected chi connectivity index (χ2v) is 16.1. The normalized spacial score (nSPS) is 31.2. The summed E-state index contributed by atoms with van der Waals surface area (Å²) >= 11 is 0. The largest absolute Gasteiger partial charge is 0.496 e. The van der Waals surface area contributed by atoms with Gasteiger partial charge in [-0.05, 0) is 86.7 Å². The van der Waals surface area contributed by atoms with Crippen LogP contribution in [0.25, 0.3) is 11.1 Å². The quantitative estimate of drug-likeness (QED) is 0.280. The van der Waals surface area contributed by atoms with E-state index in [4.69, 9.17) is 9.57 Å². The van der Waals surface area contributed by atoms with Gasteiger partial charge >= 0.3 is 0 Å². The van der Waals surface area contributed by atoms with Gasteiger partial charge in [-0.1, -0.05) is 39.0 Å². The zero-order valence-corrected chi connectivity index (χ0v) is 31.0. The lowest BCUT2D eigenvalue weighted by molar-refractivity contribution is -0.183. The molecule has 3 aliphatic carbocycles. The summed E-state index contributed by atoms with van der Waals surface area (Å²) in [6, 6.07) is 11.0. The molecule has 274 valence electrons. The number of rotatable bonds is 11. The molecule has 11 nitrogen and oxygen atoms in total. The summed E-state index contributed by atoms with van der Waals surface area (Å²) in [6.45, 7) is 10.2. The number of aliphatic hydroxyl groups is 2. The van der Waals surface area contributed by atoms with Crippen LogP contribution in [-0.2, 0) is 16.2 Å². The summed E-state index contributed by atoms with van der Waals surface area (Å²) in [7, 11) is 7.57. The van der Waals surface area contributed by atoms with Gasteiger partial charge in [0.05, 0.1) is 26.4 Å². The molecule has 0 aromatic heterocycles. The van der Waals surface area contributed by atoms with E-state index in [9.17, 15) is 19.8 Å². The minimum Gasteiger partial charge on any atom is -0.496 e. The number of hydroxylamine groups is 2. The van der Waals surface area contributed by atoms with Crippen LogP contribution >= 0.6 is 0 Å². The SMILES string of the molecule is COc1c(CN2O[C@@H](CO)[C@H]([C@H](C)O)[C@H]2C(=O)N[C@H]2C[C@H]3C[C@H]([C@@H]2C)C3(C)C)cccc1-c1cc(C(=O)N[C@@H]2CCN(C)C2)cc(N(C)C)c1. The Labute approximate surface area is 297 Å². The number of methoxy groups -OCH3 is 1. The number of carbonyl (C=O) groups is 2. The number of aliphatic hydroxyl groups excluding tert-OH is 2. The number of amides is 2. The van der Waals surface area contributed by atoms with E-state index >= 15 is 0 Å². The molecule has 11 heteroatoms. The Hall–Kier alpha value is -3.22. The van der Waals surface area contributed by atoms with E-state index in [-0.39, 0.29) is 37.0 Å². The molecule has 2 heterocycles. The highest BCUT2D eigenvalue weighted by Crippen LogP contribution is 2.61. The number of hydrogen-bond donors (Lipinski definition) is 4. The van der Waals surface area contributed by atoms with Crippen LogP contribution in [0.5, 0.6) is 5.75 Å². The van der Waals surface area contributed by atoms with Crippen LogP contribution < -0.4 is 20.3 Å². The fourth-order valence-electron chi connectivity index (χ4n) is 9.31. The van der Waals surface area contributed by atoms with Gasteiger partial charge in [0.25, 0.3) is 5.91 Å². The van der Waals surface area contributed by atoms with Crippen molar-refractivity contribution in [2.45, 2.75) is 83.8 Å². The number of benzene rings is 2. The van der Waals surface area contributed by atoms with Crippen LogP contribution in [-0.4, -0.2) is 110 Å². The molecule has 2 aliphatic heterocycles. The molecule has 0 unspecified atom stereocenters. The number of hydrogen-bond acceptors (Lipinski definition) is 9. The number of likely N-dealkylation sites (N-methyl/N-ethyl adjacent to an activating group) is 1. The van der Waals surface area contributed by atoms with Crippen molar-refractivity contribution in [2.75, 3.05) is 52.8 Å². The van der Waals surface area contributed by atoms with Gasteiger partial charge in [0.15, 0.2) is 0 Å². The second kappa shape index (κ2) is 14.4. The molecule has 0 radical (unpaired) electrons. The molecule has 2 saturated heterocycles. The van der Waals surface area contributed by atoms with Gasteiger partial charge in [0, 0.05) is 61.0 Å². The number of likely N-dealkylation sites (tertiary alicyclic amines) is 1. The van der Waals surface area contributed by atoms with Gasteiger partial charge in [0.2, 0.25) is 5.91 Å². The molecule has 7 rings (SSSR count). The summed E-state index contributed by atoms with van der Waals surface area (Å²) in [6.07, 6.45) is 1.43. The van der Waals surface area contributed by atoms with E-state index in [0.29, 0.717) is 34.5 Å². The molecule has 5 fully saturated rings. The molecule has 9 atom stereocenters. The molecule has 2 bridgehead atoms. The zero-order chi connectivity index (χ0) is 36.1. The average Bonchev–Trinajstić information content (AvgIpc) is 3.67. The van der Waals surface area contributed by atoms with Gasteiger partial charge in [-0.25, -0.2) is 0 Å². The number of fused-ring (bicyclic) bond motifs is 2. The van der Waals surface area contributed by atoms with E-state index in [1.807, 2.05) is 55.4 Å². The van der Waals surface area contributed by atoms with Crippen LogP contribution in [0.3, 0.4) is 0 Å². The van der Waals surface area contributed by atoms with Gasteiger partial charge in [-0.15, -0.1) is 0 Å². The number of anilines is 1. The van der Waals surface area contributed by atoms with Crippen LogP contribution in [0.2, 0.25) is 0 Å². The molecular formula is C39H57N5O6. The van der Waals surface area contributed by atoms with Crippen molar-refractivity contribution in [3.8, 4) is 16.9 Å². The molecule has 5 aliphatic rings. The highest BCUT2D eigenvalue weighted by atomic mass is 16.7. The van der Waals surface area contributed by atoms with Crippen molar-refractivity contribution in [3.63, 3.8) is 0 Å². The highest BCUT2D eigenvalue weighted by Gasteiger charge is 2.57. The first-order valence-electron chi connectivity index (χ1n) is 18.2. The van der Waals surface area contributed by atoms with E-state index < -0.39 is 24.2 Å². The Balaban J connectivity index is 1.28. The van der Waals surface area contributed by atoms with Gasteiger partial charge in [-0.2, -0.15) is 5.06 Å². The van der Waals surface area contributed by atoms with E-state index in [1.54, 1.807) is 19.1 Å². The van der Waals surface area contributed by atoms with Crippen molar-refractivity contribution < 1.29 is 29.4 Å². The molecular weight excluding hydrogens is 634 g/mol. The Morgan fingerprint density at radius 1 is 1.16 bits per heavy atom. The van der Waals surface area contributed by atoms with E-state index in [1.165, 1.54) is 6.42 Å². The van der Waals surface area contributed by atoms with Gasteiger partial charge in [-0.3, -0.25) is 14.4 Å². The summed E-state index contributed by atoms with van der Waals surface area (Å²) in [5, 5.41) is 29.4. The third-order valence-corrected chi connectivity index (χ3v) is 12.4. The maximum atomic E-state index is 14.2. The average molecular weight is 692 g/mol. The molecule has 50 heavy (non-hydrogen) atoms. The second-order valence-electron chi connectivity index (χ2n) is 16.1. The standard InChI is InChI=1S/C39H57N5O6/c1-22-31-17-27(39(31,3)4)18-32(22)41-38(48)35-34(23(2)46)33(21-45)50-44(35)19-24-10-9-11-30(36(24)49-8)25-14-26(16-29(15-25)42(5)6)37(47)40-28-12-13-43(7)20-28/h9-11,14-16,22-23,27-28,31-35,45-46H,12-13,17-21H2,1-8H3,(H,40,47)(H,41,48)/t22-,23-,27+,28+,31+,32-,33-,34-,35-/m0/s1. The summed E-state index contributed by atoms with van der Waals surface area (Å²) < 4.78 is 6.05. The monoisotopic (exact) mass is 691 g/mol.